The number of hydrogen-bond acceptors (Lipinski definition) is 4. The number of aliphatic hydroxyl groups excluding tert-OH is 1. The third-order valence-corrected chi connectivity index (χ3v) is 2.43. The fraction of sp³-hybridized carbons (Fsp3) is 1.00. The molecule has 0 radical (unpaired) electrons. The first kappa shape index (κ1) is 15.8. The van der Waals surface area contributed by atoms with E-state index in [2.05, 4.69) is 31.0 Å². The first-order valence-electron chi connectivity index (χ1n) is 6.31. The molecule has 0 aliphatic carbocycles. The molecule has 0 aromatic heterocycles. The Bertz CT molecular complexity index is 154. The van der Waals surface area contributed by atoms with Gasteiger partial charge >= 0.3 is 0 Å². The molecule has 98 valence electrons. The predicted octanol–water partition coefficient (Wildman–Crippen LogP) is 0.704. The number of likely N-dealkylation sites (N-methyl/N-ethyl adjacent to an activating group) is 1. The molecular weight excluding hydrogens is 204 g/mol. The zero-order chi connectivity index (χ0) is 12.4. The molecule has 0 aromatic carbocycles. The van der Waals surface area contributed by atoms with Crippen molar-refractivity contribution in [3.05, 3.63) is 0 Å². The molecule has 1 atom stereocenters. The van der Waals surface area contributed by atoms with Crippen molar-refractivity contribution < 1.29 is 9.84 Å². The summed E-state index contributed by atoms with van der Waals surface area (Å²) in [6, 6.07) is 0.424. The van der Waals surface area contributed by atoms with Crippen LogP contribution in [0, 0.1) is 0 Å². The lowest BCUT2D eigenvalue weighted by atomic mass is 10.3. The van der Waals surface area contributed by atoms with Crippen molar-refractivity contribution in [2.24, 2.45) is 0 Å². The fourth-order valence-corrected chi connectivity index (χ4v) is 1.45. The van der Waals surface area contributed by atoms with Gasteiger partial charge in [0.15, 0.2) is 0 Å². The Hall–Kier alpha value is -0.160. The number of hydrogen-bond donors (Lipinski definition) is 2. The minimum Gasteiger partial charge on any atom is -0.390 e. The summed E-state index contributed by atoms with van der Waals surface area (Å²) in [6.07, 6.45) is -0.302. The van der Waals surface area contributed by atoms with Crippen LogP contribution in [0.15, 0.2) is 0 Å². The maximum absolute atomic E-state index is 9.81. The summed E-state index contributed by atoms with van der Waals surface area (Å²) in [5.41, 5.74) is 0. The van der Waals surface area contributed by atoms with Crippen LogP contribution < -0.4 is 5.32 Å². The highest BCUT2D eigenvalue weighted by atomic mass is 16.5. The van der Waals surface area contributed by atoms with Crippen LogP contribution in [0.1, 0.15) is 27.7 Å². The molecular formula is C12H28N2O2. The lowest BCUT2D eigenvalue weighted by Gasteiger charge is -2.24. The Morgan fingerprint density at radius 3 is 2.50 bits per heavy atom. The topological polar surface area (TPSA) is 44.7 Å². The Morgan fingerprint density at radius 1 is 1.31 bits per heavy atom. The second kappa shape index (κ2) is 10.0. The fourth-order valence-electron chi connectivity index (χ4n) is 1.45. The first-order valence-corrected chi connectivity index (χ1v) is 6.31. The van der Waals surface area contributed by atoms with Crippen molar-refractivity contribution in [2.75, 3.05) is 39.4 Å². The molecule has 0 amide bonds. The number of nitrogens with one attached hydrogen (secondary N) is 1. The zero-order valence-electron chi connectivity index (χ0n) is 11.2. The van der Waals surface area contributed by atoms with Crippen molar-refractivity contribution in [1.29, 1.82) is 0 Å². The summed E-state index contributed by atoms with van der Waals surface area (Å²) < 4.78 is 5.31. The number of rotatable bonds is 10. The number of aliphatic hydroxyl groups is 1. The molecule has 0 spiro atoms. The highest BCUT2D eigenvalue weighted by Gasteiger charge is 2.10. The third-order valence-electron chi connectivity index (χ3n) is 2.43. The molecule has 0 saturated carbocycles. The van der Waals surface area contributed by atoms with Crippen LogP contribution in [0.5, 0.6) is 0 Å². The van der Waals surface area contributed by atoms with Crippen LogP contribution >= 0.6 is 0 Å². The van der Waals surface area contributed by atoms with Crippen LogP contribution in [-0.4, -0.2) is 61.5 Å². The average molecular weight is 232 g/mol. The van der Waals surface area contributed by atoms with E-state index >= 15 is 0 Å². The SMILES string of the molecule is CCOCCN(CC)CC(O)CNC(C)C. The van der Waals surface area contributed by atoms with E-state index in [4.69, 9.17) is 4.74 Å². The van der Waals surface area contributed by atoms with Crippen molar-refractivity contribution >= 4 is 0 Å². The van der Waals surface area contributed by atoms with Crippen LogP contribution in [0.25, 0.3) is 0 Å². The smallest absolute Gasteiger partial charge is 0.0791 e. The monoisotopic (exact) mass is 232 g/mol. The van der Waals surface area contributed by atoms with Crippen LogP contribution in [0.2, 0.25) is 0 Å². The van der Waals surface area contributed by atoms with Gasteiger partial charge in [0.05, 0.1) is 12.7 Å². The van der Waals surface area contributed by atoms with Gasteiger partial charge in [-0.1, -0.05) is 20.8 Å². The number of nitrogens with zero attached hydrogens (tertiary/aromatic N) is 1. The molecule has 0 aromatic rings. The Balaban J connectivity index is 3.65. The maximum Gasteiger partial charge on any atom is 0.0791 e. The first-order chi connectivity index (χ1) is 7.60. The Labute approximate surface area is 100.0 Å². The molecule has 0 rings (SSSR count). The predicted molar refractivity (Wildman–Crippen MR) is 67.8 cm³/mol. The normalized spacial score (nSPS) is 13.7. The highest BCUT2D eigenvalue weighted by Crippen LogP contribution is 1.93. The summed E-state index contributed by atoms with van der Waals surface area (Å²) in [5, 5.41) is 13.0. The van der Waals surface area contributed by atoms with Gasteiger partial charge in [0.25, 0.3) is 0 Å². The van der Waals surface area contributed by atoms with Crippen molar-refractivity contribution in [2.45, 2.75) is 39.8 Å². The van der Waals surface area contributed by atoms with Gasteiger partial charge in [0.2, 0.25) is 0 Å². The van der Waals surface area contributed by atoms with Crippen molar-refractivity contribution in [3.8, 4) is 0 Å². The second-order valence-electron chi connectivity index (χ2n) is 4.31. The molecule has 4 nitrogen and oxygen atoms in total. The Kier molecular flexibility index (Phi) is 9.92. The van der Waals surface area contributed by atoms with Gasteiger partial charge in [0.1, 0.15) is 0 Å². The largest absolute Gasteiger partial charge is 0.390 e. The summed E-state index contributed by atoms with van der Waals surface area (Å²) >= 11 is 0. The standard InChI is InChI=1S/C12H28N2O2/c1-5-14(7-8-16-6-2)10-12(15)9-13-11(3)4/h11-13,15H,5-10H2,1-4H3. The maximum atomic E-state index is 9.81. The summed E-state index contributed by atoms with van der Waals surface area (Å²) in [6.45, 7) is 13.0. The molecule has 0 heterocycles. The minimum absolute atomic E-state index is 0.302. The number of ether oxygens (including phenoxy) is 1. The van der Waals surface area contributed by atoms with Gasteiger partial charge < -0.3 is 15.2 Å². The summed E-state index contributed by atoms with van der Waals surface area (Å²) in [5.74, 6) is 0. The molecule has 16 heavy (non-hydrogen) atoms. The zero-order valence-corrected chi connectivity index (χ0v) is 11.2. The minimum atomic E-state index is -0.302. The Morgan fingerprint density at radius 2 is 2.00 bits per heavy atom. The quantitative estimate of drug-likeness (QED) is 0.544. The molecule has 1 unspecified atom stereocenters. The molecule has 0 fully saturated rings. The van der Waals surface area contributed by atoms with E-state index in [-0.39, 0.29) is 6.10 Å². The van der Waals surface area contributed by atoms with E-state index in [1.807, 2.05) is 6.92 Å². The summed E-state index contributed by atoms with van der Waals surface area (Å²) in [4.78, 5) is 2.21. The van der Waals surface area contributed by atoms with E-state index in [9.17, 15) is 5.11 Å². The van der Waals surface area contributed by atoms with E-state index in [0.29, 0.717) is 19.1 Å². The van der Waals surface area contributed by atoms with Gasteiger partial charge in [-0.05, 0) is 13.5 Å². The average Bonchev–Trinajstić information content (AvgIpc) is 2.25. The van der Waals surface area contributed by atoms with E-state index in [1.165, 1.54) is 0 Å². The lowest BCUT2D eigenvalue weighted by molar-refractivity contribution is 0.0782. The van der Waals surface area contributed by atoms with E-state index < -0.39 is 0 Å². The summed E-state index contributed by atoms with van der Waals surface area (Å²) in [7, 11) is 0. The van der Waals surface area contributed by atoms with E-state index in [0.717, 1.165) is 26.3 Å². The lowest BCUT2D eigenvalue weighted by Crippen LogP contribution is -2.41. The highest BCUT2D eigenvalue weighted by molar-refractivity contribution is 4.67. The molecule has 0 aliphatic rings. The van der Waals surface area contributed by atoms with Crippen molar-refractivity contribution in [3.63, 3.8) is 0 Å². The second-order valence-corrected chi connectivity index (χ2v) is 4.31. The van der Waals surface area contributed by atoms with E-state index in [1.54, 1.807) is 0 Å². The van der Waals surface area contributed by atoms with Crippen LogP contribution in [-0.2, 0) is 4.74 Å². The van der Waals surface area contributed by atoms with Gasteiger partial charge in [0, 0.05) is 32.3 Å². The van der Waals surface area contributed by atoms with Gasteiger partial charge in [-0.3, -0.25) is 4.90 Å². The molecule has 0 bridgehead atoms. The third kappa shape index (κ3) is 9.09. The molecule has 0 saturated heterocycles. The van der Waals surface area contributed by atoms with Gasteiger partial charge in [-0.25, -0.2) is 0 Å². The van der Waals surface area contributed by atoms with Gasteiger partial charge in [-0.2, -0.15) is 0 Å². The molecule has 0 aliphatic heterocycles. The van der Waals surface area contributed by atoms with Crippen LogP contribution in [0.3, 0.4) is 0 Å². The molecule has 2 N–H and O–H groups in total. The van der Waals surface area contributed by atoms with Gasteiger partial charge in [-0.15, -0.1) is 0 Å². The van der Waals surface area contributed by atoms with Crippen LogP contribution in [0.4, 0.5) is 0 Å². The molecule has 4 heteroatoms. The van der Waals surface area contributed by atoms with Crippen molar-refractivity contribution in [1.82, 2.24) is 10.2 Å².